The first kappa shape index (κ1) is 17.7. The molecule has 134 valence electrons. The van der Waals surface area contributed by atoms with E-state index in [0.29, 0.717) is 24.9 Å². The van der Waals surface area contributed by atoms with E-state index < -0.39 is 0 Å². The van der Waals surface area contributed by atoms with E-state index in [1.165, 1.54) is 5.56 Å². The van der Waals surface area contributed by atoms with Crippen LogP contribution in [0.2, 0.25) is 0 Å². The van der Waals surface area contributed by atoms with E-state index in [4.69, 9.17) is 4.74 Å². The van der Waals surface area contributed by atoms with Gasteiger partial charge in [0.2, 0.25) is 5.91 Å². The zero-order valence-corrected chi connectivity index (χ0v) is 15.2. The van der Waals surface area contributed by atoms with Crippen molar-refractivity contribution in [2.24, 2.45) is 0 Å². The molecule has 6 nitrogen and oxygen atoms in total. The van der Waals surface area contributed by atoms with Gasteiger partial charge in [-0.05, 0) is 32.0 Å². The summed E-state index contributed by atoms with van der Waals surface area (Å²) in [7, 11) is 0. The fraction of sp³-hybridized carbons (Fsp3) is 0.250. The Morgan fingerprint density at radius 1 is 1.15 bits per heavy atom. The average Bonchev–Trinajstić information content (AvgIpc) is 3.07. The Kier molecular flexibility index (Phi) is 5.31. The molecule has 0 unspecified atom stereocenters. The summed E-state index contributed by atoms with van der Waals surface area (Å²) >= 11 is 0. The molecule has 0 aliphatic heterocycles. The highest BCUT2D eigenvalue weighted by atomic mass is 16.5. The largest absolute Gasteiger partial charge is 0.463 e. The van der Waals surface area contributed by atoms with Gasteiger partial charge in [0.15, 0.2) is 5.82 Å². The van der Waals surface area contributed by atoms with Gasteiger partial charge in [-0.3, -0.25) is 4.79 Å². The topological polar surface area (TPSA) is 69.0 Å². The third-order valence-corrected chi connectivity index (χ3v) is 3.87. The number of amides is 1. The first-order valence-electron chi connectivity index (χ1n) is 8.68. The molecule has 1 N–H and O–H groups in total. The highest BCUT2D eigenvalue weighted by Crippen LogP contribution is 2.25. The van der Waals surface area contributed by atoms with Crippen LogP contribution in [0.4, 0.5) is 5.69 Å². The van der Waals surface area contributed by atoms with E-state index in [2.05, 4.69) is 15.4 Å². The first-order valence-corrected chi connectivity index (χ1v) is 8.68. The van der Waals surface area contributed by atoms with Crippen molar-refractivity contribution < 1.29 is 9.53 Å². The highest BCUT2D eigenvalue weighted by Gasteiger charge is 2.15. The van der Waals surface area contributed by atoms with Gasteiger partial charge in [0.05, 0.1) is 12.3 Å². The van der Waals surface area contributed by atoms with Crippen molar-refractivity contribution in [3.8, 4) is 23.1 Å². The van der Waals surface area contributed by atoms with E-state index in [1.54, 1.807) is 4.68 Å². The molecule has 3 aromatic rings. The second-order valence-electron chi connectivity index (χ2n) is 5.88. The number of benzene rings is 2. The molecule has 0 aliphatic rings. The molecular formula is C20H22N4O2. The minimum atomic E-state index is -0.0329. The molecule has 0 radical (unpaired) electrons. The fourth-order valence-corrected chi connectivity index (χ4v) is 2.52. The quantitative estimate of drug-likeness (QED) is 0.730. The van der Waals surface area contributed by atoms with Crippen molar-refractivity contribution in [2.75, 3.05) is 11.9 Å². The van der Waals surface area contributed by atoms with Gasteiger partial charge in [0.1, 0.15) is 0 Å². The van der Waals surface area contributed by atoms with Crippen molar-refractivity contribution in [1.82, 2.24) is 14.8 Å². The van der Waals surface area contributed by atoms with Crippen molar-refractivity contribution in [1.29, 1.82) is 0 Å². The van der Waals surface area contributed by atoms with Crippen LogP contribution >= 0.6 is 0 Å². The molecule has 2 aromatic carbocycles. The van der Waals surface area contributed by atoms with Gasteiger partial charge in [-0.15, -0.1) is 5.10 Å². The number of nitrogens with zero attached hydrogens (tertiary/aromatic N) is 3. The van der Waals surface area contributed by atoms with Crippen LogP contribution in [0.25, 0.3) is 17.1 Å². The van der Waals surface area contributed by atoms with Crippen LogP contribution in [0.1, 0.15) is 25.8 Å². The maximum Gasteiger partial charge on any atom is 0.336 e. The number of hydrogen-bond donors (Lipinski definition) is 1. The monoisotopic (exact) mass is 350 g/mol. The Hall–Kier alpha value is -3.15. The van der Waals surface area contributed by atoms with E-state index in [-0.39, 0.29) is 5.91 Å². The van der Waals surface area contributed by atoms with Crippen LogP contribution in [0, 0.1) is 6.92 Å². The summed E-state index contributed by atoms with van der Waals surface area (Å²) in [6.07, 6.45) is 0.427. The minimum Gasteiger partial charge on any atom is -0.463 e. The van der Waals surface area contributed by atoms with Crippen LogP contribution < -0.4 is 10.1 Å². The third kappa shape index (κ3) is 3.91. The SMILES string of the molecule is CCOc1nc(-c2ccc(C)cc2)n(-c2cccc(NC(=O)CC)c2)n1. The van der Waals surface area contributed by atoms with Gasteiger partial charge < -0.3 is 10.1 Å². The molecular weight excluding hydrogens is 328 g/mol. The molecule has 0 saturated carbocycles. The molecule has 0 spiro atoms. The average molecular weight is 350 g/mol. The van der Waals surface area contributed by atoms with Crippen LogP contribution in [-0.4, -0.2) is 27.3 Å². The van der Waals surface area contributed by atoms with Crippen LogP contribution in [0.15, 0.2) is 48.5 Å². The molecule has 0 saturated heterocycles. The Morgan fingerprint density at radius 3 is 2.62 bits per heavy atom. The molecule has 1 aromatic heterocycles. The standard InChI is InChI=1S/C20H22N4O2/c1-4-18(25)21-16-7-6-8-17(13-16)24-19(22-20(23-24)26-5-2)15-11-9-14(3)10-12-15/h6-13H,4-5H2,1-3H3,(H,21,25). The Bertz CT molecular complexity index is 900. The van der Waals surface area contributed by atoms with Crippen LogP contribution in [0.5, 0.6) is 6.01 Å². The predicted octanol–water partition coefficient (Wildman–Crippen LogP) is 3.99. The number of hydrogen-bond acceptors (Lipinski definition) is 4. The lowest BCUT2D eigenvalue weighted by molar-refractivity contribution is -0.115. The summed E-state index contributed by atoms with van der Waals surface area (Å²) in [6.45, 7) is 6.25. The number of carbonyl (C=O) groups is 1. The molecule has 6 heteroatoms. The van der Waals surface area contributed by atoms with Crippen molar-refractivity contribution >= 4 is 11.6 Å². The molecule has 0 aliphatic carbocycles. The smallest absolute Gasteiger partial charge is 0.336 e. The molecule has 1 heterocycles. The zero-order chi connectivity index (χ0) is 18.5. The van der Waals surface area contributed by atoms with E-state index in [9.17, 15) is 4.79 Å². The summed E-state index contributed by atoms with van der Waals surface area (Å²) in [5.41, 5.74) is 3.64. The van der Waals surface area contributed by atoms with Crippen molar-refractivity contribution in [2.45, 2.75) is 27.2 Å². The van der Waals surface area contributed by atoms with E-state index >= 15 is 0 Å². The normalized spacial score (nSPS) is 10.6. The van der Waals surface area contributed by atoms with Gasteiger partial charge in [0, 0.05) is 17.7 Å². The molecule has 3 rings (SSSR count). The lowest BCUT2D eigenvalue weighted by Gasteiger charge is -2.09. The predicted molar refractivity (Wildman–Crippen MR) is 102 cm³/mol. The molecule has 0 atom stereocenters. The second kappa shape index (κ2) is 7.82. The van der Waals surface area contributed by atoms with Crippen LogP contribution in [0.3, 0.4) is 0 Å². The first-order chi connectivity index (χ1) is 12.6. The summed E-state index contributed by atoms with van der Waals surface area (Å²) in [4.78, 5) is 16.2. The number of carbonyl (C=O) groups excluding carboxylic acids is 1. The molecule has 1 amide bonds. The molecule has 0 bridgehead atoms. The van der Waals surface area contributed by atoms with E-state index in [1.807, 2.05) is 69.3 Å². The Balaban J connectivity index is 2.04. The maximum absolute atomic E-state index is 11.7. The number of ether oxygens (including phenoxy) is 1. The summed E-state index contributed by atoms with van der Waals surface area (Å²) in [5, 5.41) is 7.35. The highest BCUT2D eigenvalue weighted by molar-refractivity contribution is 5.90. The summed E-state index contributed by atoms with van der Waals surface area (Å²) in [5.74, 6) is 0.655. The maximum atomic E-state index is 11.7. The number of aromatic nitrogens is 3. The lowest BCUT2D eigenvalue weighted by Crippen LogP contribution is -2.10. The van der Waals surface area contributed by atoms with Gasteiger partial charge in [-0.1, -0.05) is 42.8 Å². The number of rotatable bonds is 6. The lowest BCUT2D eigenvalue weighted by atomic mass is 10.1. The van der Waals surface area contributed by atoms with Gasteiger partial charge in [-0.25, -0.2) is 4.68 Å². The molecule has 26 heavy (non-hydrogen) atoms. The van der Waals surface area contributed by atoms with Gasteiger partial charge >= 0.3 is 6.01 Å². The summed E-state index contributed by atoms with van der Waals surface area (Å²) < 4.78 is 7.23. The van der Waals surface area contributed by atoms with E-state index in [0.717, 1.165) is 16.9 Å². The molecule has 0 fully saturated rings. The number of aryl methyl sites for hydroxylation is 1. The Labute approximate surface area is 152 Å². The van der Waals surface area contributed by atoms with Crippen LogP contribution in [-0.2, 0) is 4.79 Å². The Morgan fingerprint density at radius 2 is 1.92 bits per heavy atom. The van der Waals surface area contributed by atoms with Gasteiger partial charge in [-0.2, -0.15) is 4.98 Å². The zero-order valence-electron chi connectivity index (χ0n) is 15.2. The second-order valence-corrected chi connectivity index (χ2v) is 5.88. The summed E-state index contributed by atoms with van der Waals surface area (Å²) in [6, 6.07) is 15.9. The van der Waals surface area contributed by atoms with Crippen molar-refractivity contribution in [3.05, 3.63) is 54.1 Å². The minimum absolute atomic E-state index is 0.0329. The number of nitrogens with one attached hydrogen (secondary N) is 1. The fourth-order valence-electron chi connectivity index (χ4n) is 2.52. The number of anilines is 1. The third-order valence-electron chi connectivity index (χ3n) is 3.87. The van der Waals surface area contributed by atoms with Gasteiger partial charge in [0.25, 0.3) is 0 Å². The van der Waals surface area contributed by atoms with Crippen molar-refractivity contribution in [3.63, 3.8) is 0 Å².